The maximum Gasteiger partial charge on any atom is 0.345 e. The number of carbonyl (C=O) groups is 2. The maximum atomic E-state index is 12.5. The standard InChI is InChI=1S/C22H14BrCl2IN2O4/c23-14-5-7-19(32-22(30)16-3-1-2-4-17(16)25)13(9-14)11-27-28-21(29)12-31-20-8-6-15(24)10-18(20)26/h1-11H,12H2,(H,28,29). The first-order valence-electron chi connectivity index (χ1n) is 8.99. The van der Waals surface area contributed by atoms with Crippen molar-refractivity contribution in [3.63, 3.8) is 0 Å². The van der Waals surface area contributed by atoms with E-state index in [2.05, 4.69) is 49.0 Å². The summed E-state index contributed by atoms with van der Waals surface area (Å²) in [6.07, 6.45) is 1.37. The van der Waals surface area contributed by atoms with Gasteiger partial charge in [-0.3, -0.25) is 4.79 Å². The Morgan fingerprint density at radius 1 is 1.06 bits per heavy atom. The van der Waals surface area contributed by atoms with Gasteiger partial charge in [0.2, 0.25) is 0 Å². The lowest BCUT2D eigenvalue weighted by Gasteiger charge is -2.09. The van der Waals surface area contributed by atoms with Gasteiger partial charge in [-0.25, -0.2) is 10.2 Å². The van der Waals surface area contributed by atoms with Gasteiger partial charge in [0.15, 0.2) is 6.61 Å². The molecule has 0 aliphatic rings. The molecule has 3 aromatic rings. The Morgan fingerprint density at radius 2 is 1.81 bits per heavy atom. The van der Waals surface area contributed by atoms with Crippen LogP contribution in [0.4, 0.5) is 0 Å². The van der Waals surface area contributed by atoms with E-state index in [1.807, 2.05) is 0 Å². The van der Waals surface area contributed by atoms with Crippen LogP contribution in [-0.4, -0.2) is 24.7 Å². The van der Waals surface area contributed by atoms with E-state index < -0.39 is 11.9 Å². The summed E-state index contributed by atoms with van der Waals surface area (Å²) in [6.45, 7) is -0.234. The van der Waals surface area contributed by atoms with Crippen LogP contribution in [0.1, 0.15) is 15.9 Å². The van der Waals surface area contributed by atoms with E-state index in [9.17, 15) is 9.59 Å². The van der Waals surface area contributed by atoms with Crippen LogP contribution in [0.5, 0.6) is 11.5 Å². The van der Waals surface area contributed by atoms with Gasteiger partial charge in [0.25, 0.3) is 5.91 Å². The first kappa shape index (κ1) is 24.5. The van der Waals surface area contributed by atoms with E-state index in [0.717, 1.165) is 8.04 Å². The SMILES string of the molecule is O=C(COc1ccc(Cl)cc1I)NN=Cc1cc(Br)ccc1OC(=O)c1ccccc1Cl. The lowest BCUT2D eigenvalue weighted by Crippen LogP contribution is -2.24. The van der Waals surface area contributed by atoms with Crippen LogP contribution >= 0.6 is 61.7 Å². The Hall–Kier alpha value is -2.14. The molecule has 32 heavy (non-hydrogen) atoms. The average Bonchev–Trinajstić information content (AvgIpc) is 2.75. The van der Waals surface area contributed by atoms with Gasteiger partial charge in [-0.05, 0) is 71.1 Å². The molecular formula is C22H14BrCl2IN2O4. The van der Waals surface area contributed by atoms with Crippen molar-refractivity contribution in [2.24, 2.45) is 5.10 Å². The predicted octanol–water partition coefficient (Wildman–Crippen LogP) is 6.11. The molecule has 0 saturated heterocycles. The van der Waals surface area contributed by atoms with Crippen LogP contribution in [0, 0.1) is 3.57 Å². The predicted molar refractivity (Wildman–Crippen MR) is 136 cm³/mol. The van der Waals surface area contributed by atoms with Crippen LogP contribution in [0.25, 0.3) is 0 Å². The van der Waals surface area contributed by atoms with Crippen molar-refractivity contribution >= 4 is 79.8 Å². The number of rotatable bonds is 7. The number of amides is 1. The van der Waals surface area contributed by atoms with Crippen LogP contribution in [0.3, 0.4) is 0 Å². The van der Waals surface area contributed by atoms with Gasteiger partial charge < -0.3 is 9.47 Å². The van der Waals surface area contributed by atoms with Gasteiger partial charge in [-0.1, -0.05) is 51.3 Å². The molecule has 0 heterocycles. The van der Waals surface area contributed by atoms with Gasteiger partial charge in [0, 0.05) is 15.1 Å². The molecular weight excluding hydrogens is 634 g/mol. The fraction of sp³-hybridized carbons (Fsp3) is 0.0455. The van der Waals surface area contributed by atoms with Crippen molar-refractivity contribution in [3.05, 3.63) is 89.9 Å². The number of hydrogen-bond acceptors (Lipinski definition) is 5. The van der Waals surface area contributed by atoms with Crippen LogP contribution in [-0.2, 0) is 4.79 Å². The summed E-state index contributed by atoms with van der Waals surface area (Å²) < 4.78 is 12.5. The third-order valence-corrected chi connectivity index (χ3v) is 5.81. The van der Waals surface area contributed by atoms with Crippen molar-refractivity contribution in [2.45, 2.75) is 0 Å². The first-order chi connectivity index (χ1) is 15.3. The molecule has 1 N–H and O–H groups in total. The van der Waals surface area contributed by atoms with E-state index in [-0.39, 0.29) is 22.9 Å². The third kappa shape index (κ3) is 6.93. The number of hydrazone groups is 1. The molecule has 0 fully saturated rings. The minimum absolute atomic E-state index is 0.234. The number of ether oxygens (including phenoxy) is 2. The molecule has 0 aliphatic heterocycles. The molecule has 6 nitrogen and oxygen atoms in total. The number of hydrogen-bond donors (Lipinski definition) is 1. The van der Waals surface area contributed by atoms with Crippen molar-refractivity contribution in [1.82, 2.24) is 5.43 Å². The molecule has 164 valence electrons. The Balaban J connectivity index is 1.63. The number of benzene rings is 3. The van der Waals surface area contributed by atoms with Gasteiger partial charge in [-0.15, -0.1) is 0 Å². The second kappa shape index (κ2) is 11.6. The fourth-order valence-corrected chi connectivity index (χ4v) is 4.06. The monoisotopic (exact) mass is 646 g/mol. The van der Waals surface area contributed by atoms with E-state index in [4.69, 9.17) is 32.7 Å². The second-order valence-corrected chi connectivity index (χ2v) is 9.13. The van der Waals surface area contributed by atoms with Crippen LogP contribution in [0.2, 0.25) is 10.0 Å². The Bertz CT molecular complexity index is 1190. The molecule has 0 bridgehead atoms. The molecule has 0 unspecified atom stereocenters. The Labute approximate surface area is 216 Å². The maximum absolute atomic E-state index is 12.5. The molecule has 0 aliphatic carbocycles. The molecule has 10 heteroatoms. The normalized spacial score (nSPS) is 10.8. The van der Waals surface area contributed by atoms with E-state index in [1.165, 1.54) is 6.21 Å². The van der Waals surface area contributed by atoms with Gasteiger partial charge in [0.05, 0.1) is 20.4 Å². The number of nitrogens with one attached hydrogen (secondary N) is 1. The summed E-state index contributed by atoms with van der Waals surface area (Å²) in [5.41, 5.74) is 3.08. The van der Waals surface area contributed by atoms with Crippen molar-refractivity contribution < 1.29 is 19.1 Å². The zero-order valence-corrected chi connectivity index (χ0v) is 21.4. The highest BCUT2D eigenvalue weighted by Gasteiger charge is 2.14. The number of nitrogens with zero attached hydrogens (tertiary/aromatic N) is 1. The zero-order chi connectivity index (χ0) is 23.1. The van der Waals surface area contributed by atoms with Gasteiger partial charge in [0.1, 0.15) is 11.5 Å². The molecule has 0 spiro atoms. The van der Waals surface area contributed by atoms with Crippen molar-refractivity contribution in [2.75, 3.05) is 6.61 Å². The summed E-state index contributed by atoms with van der Waals surface area (Å²) in [6, 6.07) is 16.7. The zero-order valence-electron chi connectivity index (χ0n) is 16.2. The quantitative estimate of drug-likeness (QED) is 0.110. The fourth-order valence-electron chi connectivity index (χ4n) is 2.44. The third-order valence-electron chi connectivity index (χ3n) is 3.91. The highest BCUT2D eigenvalue weighted by molar-refractivity contribution is 14.1. The lowest BCUT2D eigenvalue weighted by molar-refractivity contribution is -0.123. The average molecular weight is 648 g/mol. The van der Waals surface area contributed by atoms with Crippen molar-refractivity contribution in [3.8, 4) is 11.5 Å². The van der Waals surface area contributed by atoms with Crippen LogP contribution in [0.15, 0.2) is 70.2 Å². The number of esters is 1. The minimum atomic E-state index is -0.609. The number of carbonyl (C=O) groups excluding carboxylic acids is 2. The molecule has 0 radical (unpaired) electrons. The molecule has 3 aromatic carbocycles. The second-order valence-electron chi connectivity index (χ2n) is 6.21. The van der Waals surface area contributed by atoms with Gasteiger partial charge >= 0.3 is 5.97 Å². The molecule has 0 saturated carbocycles. The summed E-state index contributed by atoms with van der Waals surface area (Å²) in [5.74, 6) is -0.280. The van der Waals surface area contributed by atoms with E-state index in [0.29, 0.717) is 16.3 Å². The van der Waals surface area contributed by atoms with E-state index in [1.54, 1.807) is 60.7 Å². The smallest absolute Gasteiger partial charge is 0.345 e. The summed E-state index contributed by atoms with van der Waals surface area (Å²) in [4.78, 5) is 24.5. The summed E-state index contributed by atoms with van der Waals surface area (Å²) in [5, 5.41) is 4.79. The largest absolute Gasteiger partial charge is 0.483 e. The highest BCUT2D eigenvalue weighted by Crippen LogP contribution is 2.25. The lowest BCUT2D eigenvalue weighted by atomic mass is 10.2. The molecule has 1 amide bonds. The molecule has 0 aromatic heterocycles. The Morgan fingerprint density at radius 3 is 2.56 bits per heavy atom. The van der Waals surface area contributed by atoms with Gasteiger partial charge in [-0.2, -0.15) is 5.10 Å². The van der Waals surface area contributed by atoms with Crippen LogP contribution < -0.4 is 14.9 Å². The molecule has 0 atom stereocenters. The Kier molecular flexibility index (Phi) is 8.92. The summed E-state index contributed by atoms with van der Waals surface area (Å²) >= 11 is 17.4. The first-order valence-corrected chi connectivity index (χ1v) is 11.6. The molecule has 3 rings (SSSR count). The topological polar surface area (TPSA) is 77.0 Å². The summed E-state index contributed by atoms with van der Waals surface area (Å²) in [7, 11) is 0. The highest BCUT2D eigenvalue weighted by atomic mass is 127. The number of halogens is 4. The van der Waals surface area contributed by atoms with Crippen molar-refractivity contribution in [1.29, 1.82) is 0 Å². The van der Waals surface area contributed by atoms with E-state index >= 15 is 0 Å². The minimum Gasteiger partial charge on any atom is -0.483 e.